The van der Waals surface area contributed by atoms with Crippen LogP contribution in [0.3, 0.4) is 0 Å². The summed E-state index contributed by atoms with van der Waals surface area (Å²) in [6.07, 6.45) is 7.72. The van der Waals surface area contributed by atoms with Crippen molar-refractivity contribution < 1.29 is 24.5 Å². The Morgan fingerprint density at radius 3 is 2.65 bits per heavy atom. The monoisotopic (exact) mass is 505 g/mol. The van der Waals surface area contributed by atoms with Crippen LogP contribution in [0.5, 0.6) is 0 Å². The molecule has 0 saturated carbocycles. The number of benzene rings is 1. The largest absolute Gasteiger partial charge is 0.508 e. The van der Waals surface area contributed by atoms with Crippen LogP contribution in [-0.2, 0) is 27.2 Å². The van der Waals surface area contributed by atoms with Crippen molar-refractivity contribution in [3.05, 3.63) is 77.3 Å². The summed E-state index contributed by atoms with van der Waals surface area (Å²) < 4.78 is 6.08. The van der Waals surface area contributed by atoms with Crippen molar-refractivity contribution in [2.24, 2.45) is 5.41 Å². The summed E-state index contributed by atoms with van der Waals surface area (Å²) in [6.45, 7) is 4.90. The Bertz CT molecular complexity index is 1190. The van der Waals surface area contributed by atoms with Gasteiger partial charge < -0.3 is 25.2 Å². The molecular formula is C29H35N3O5. The number of carboxylic acids is 1. The number of carboxylic acid groups (broad SMARTS) is 1. The summed E-state index contributed by atoms with van der Waals surface area (Å²) in [7, 11) is 0. The molecule has 2 aromatic rings. The normalized spacial score (nSPS) is 18.0. The number of rotatable bonds is 9. The van der Waals surface area contributed by atoms with Crippen molar-refractivity contribution in [1.82, 2.24) is 4.98 Å². The lowest BCUT2D eigenvalue weighted by atomic mass is 9.86. The fourth-order valence-corrected chi connectivity index (χ4v) is 4.56. The topological polar surface area (TPSA) is 112 Å². The molecule has 1 unspecified atom stereocenters. The summed E-state index contributed by atoms with van der Waals surface area (Å²) in [4.78, 5) is 30.8. The quantitative estimate of drug-likeness (QED) is 0.439. The lowest BCUT2D eigenvalue weighted by Gasteiger charge is -2.34. The summed E-state index contributed by atoms with van der Waals surface area (Å²) in [5.74, 6) is 1.12. The minimum atomic E-state index is -0.845. The van der Waals surface area contributed by atoms with Gasteiger partial charge in [0.1, 0.15) is 23.5 Å². The van der Waals surface area contributed by atoms with Crippen molar-refractivity contribution >= 4 is 23.5 Å². The van der Waals surface area contributed by atoms with E-state index >= 15 is 0 Å². The molecule has 0 bridgehead atoms. The Balaban J connectivity index is 1.33. The van der Waals surface area contributed by atoms with E-state index in [-0.39, 0.29) is 18.4 Å². The predicted molar refractivity (Wildman–Crippen MR) is 142 cm³/mol. The van der Waals surface area contributed by atoms with E-state index in [9.17, 15) is 19.8 Å². The number of nitrogens with one attached hydrogen (secondary N) is 1. The zero-order chi connectivity index (χ0) is 26.4. The van der Waals surface area contributed by atoms with Gasteiger partial charge in [0.05, 0.1) is 18.4 Å². The number of aromatic nitrogens is 1. The second kappa shape index (κ2) is 11.5. The molecule has 3 N–H and O–H groups in total. The van der Waals surface area contributed by atoms with Crippen molar-refractivity contribution in [2.75, 3.05) is 23.3 Å². The smallest absolute Gasteiger partial charge is 0.309 e. The van der Waals surface area contributed by atoms with E-state index in [1.807, 2.05) is 48.6 Å². The molecule has 0 spiro atoms. The Morgan fingerprint density at radius 2 is 1.92 bits per heavy atom. The summed E-state index contributed by atoms with van der Waals surface area (Å²) in [5, 5.41) is 22.3. The van der Waals surface area contributed by atoms with Crippen LogP contribution >= 0.6 is 0 Å². The van der Waals surface area contributed by atoms with Gasteiger partial charge in [-0.1, -0.05) is 36.4 Å². The Morgan fingerprint density at radius 1 is 1.16 bits per heavy atom. The fraction of sp³-hybridized carbons (Fsp3) is 0.414. The number of hydrogen-bond donors (Lipinski definition) is 3. The molecule has 2 aliphatic rings. The van der Waals surface area contributed by atoms with E-state index in [2.05, 4.69) is 15.2 Å². The molecule has 1 fully saturated rings. The van der Waals surface area contributed by atoms with Crippen molar-refractivity contribution in [1.29, 1.82) is 0 Å². The van der Waals surface area contributed by atoms with Gasteiger partial charge in [-0.25, -0.2) is 4.98 Å². The van der Waals surface area contributed by atoms with Crippen LogP contribution in [-0.4, -0.2) is 46.3 Å². The van der Waals surface area contributed by atoms with E-state index < -0.39 is 11.4 Å². The van der Waals surface area contributed by atoms with Crippen LogP contribution in [0.4, 0.5) is 11.6 Å². The minimum Gasteiger partial charge on any atom is -0.508 e. The molecule has 1 atom stereocenters. The van der Waals surface area contributed by atoms with Gasteiger partial charge in [-0.05, 0) is 68.9 Å². The molecule has 0 radical (unpaired) electrons. The van der Waals surface area contributed by atoms with Crippen LogP contribution in [0.25, 0.3) is 0 Å². The van der Waals surface area contributed by atoms with Gasteiger partial charge in [-0.15, -0.1) is 0 Å². The van der Waals surface area contributed by atoms with Gasteiger partial charge in [0, 0.05) is 13.0 Å². The van der Waals surface area contributed by atoms with Gasteiger partial charge in [-0.2, -0.15) is 0 Å². The van der Waals surface area contributed by atoms with Gasteiger partial charge >= 0.3 is 5.97 Å². The van der Waals surface area contributed by atoms with Crippen LogP contribution < -0.4 is 10.2 Å². The van der Waals surface area contributed by atoms with Crippen LogP contribution in [0.1, 0.15) is 50.7 Å². The summed E-state index contributed by atoms with van der Waals surface area (Å²) in [6, 6.07) is 13.0. The van der Waals surface area contributed by atoms with Crippen molar-refractivity contribution in [3.63, 3.8) is 0 Å². The second-order valence-electron chi connectivity index (χ2n) is 10.4. The molecule has 1 amide bonds. The predicted octanol–water partition coefficient (Wildman–Crippen LogP) is 5.02. The SMILES string of the molecule is CC(C)(Cc1ccc(CC(=O)Nc2cccc(N3CCCC(OC4=C(O)CCC=C4)C3)n2)cc1)C(=O)O. The molecular weight excluding hydrogens is 470 g/mol. The highest BCUT2D eigenvalue weighted by Gasteiger charge is 2.27. The highest BCUT2D eigenvalue weighted by Crippen LogP contribution is 2.26. The molecule has 1 aromatic heterocycles. The lowest BCUT2D eigenvalue weighted by Crippen LogP contribution is -2.40. The maximum Gasteiger partial charge on any atom is 0.309 e. The third kappa shape index (κ3) is 7.12. The molecule has 1 saturated heterocycles. The average molecular weight is 506 g/mol. The average Bonchev–Trinajstić information content (AvgIpc) is 2.87. The molecule has 1 aromatic carbocycles. The van der Waals surface area contributed by atoms with Crippen molar-refractivity contribution in [2.45, 2.75) is 58.5 Å². The number of piperidine rings is 1. The molecule has 1 aliphatic heterocycles. The Labute approximate surface area is 217 Å². The zero-order valence-electron chi connectivity index (χ0n) is 21.4. The number of pyridine rings is 1. The Hall–Kier alpha value is -3.81. The molecule has 196 valence electrons. The Kier molecular flexibility index (Phi) is 8.16. The van der Waals surface area contributed by atoms with E-state index in [1.165, 1.54) is 0 Å². The first-order valence-corrected chi connectivity index (χ1v) is 12.8. The van der Waals surface area contributed by atoms with Crippen LogP contribution in [0, 0.1) is 5.41 Å². The third-order valence-corrected chi connectivity index (χ3v) is 6.71. The third-order valence-electron chi connectivity index (χ3n) is 6.71. The first-order valence-electron chi connectivity index (χ1n) is 12.8. The number of amides is 1. The van der Waals surface area contributed by atoms with Crippen molar-refractivity contribution in [3.8, 4) is 0 Å². The highest BCUT2D eigenvalue weighted by atomic mass is 16.5. The lowest BCUT2D eigenvalue weighted by molar-refractivity contribution is -0.146. The number of allylic oxidation sites excluding steroid dienone is 3. The number of aliphatic carboxylic acids is 1. The first kappa shape index (κ1) is 26.3. The highest BCUT2D eigenvalue weighted by molar-refractivity contribution is 5.91. The van der Waals surface area contributed by atoms with Gasteiger partial charge in [0.15, 0.2) is 5.76 Å². The molecule has 37 heavy (non-hydrogen) atoms. The molecule has 1 aliphatic carbocycles. The summed E-state index contributed by atoms with van der Waals surface area (Å²) in [5.41, 5.74) is 0.916. The number of aliphatic hydroxyl groups is 1. The first-order chi connectivity index (χ1) is 17.7. The van der Waals surface area contributed by atoms with Gasteiger partial charge in [0.2, 0.25) is 5.91 Å². The van der Waals surface area contributed by atoms with E-state index in [4.69, 9.17) is 4.74 Å². The maximum atomic E-state index is 12.7. The molecule has 8 heteroatoms. The number of anilines is 2. The molecule has 2 heterocycles. The van der Waals surface area contributed by atoms with Gasteiger partial charge in [-0.3, -0.25) is 9.59 Å². The molecule has 8 nitrogen and oxygen atoms in total. The fourth-order valence-electron chi connectivity index (χ4n) is 4.56. The van der Waals surface area contributed by atoms with Crippen LogP contribution in [0.15, 0.2) is 66.1 Å². The number of ether oxygens (including phenoxy) is 1. The maximum absolute atomic E-state index is 12.7. The van der Waals surface area contributed by atoms with E-state index in [0.29, 0.717) is 36.7 Å². The number of carbonyl (C=O) groups is 2. The minimum absolute atomic E-state index is 0.0438. The standard InChI is InChI=1S/C29H35N3O5/c1-29(2,28(35)36)18-21-14-12-20(13-15-21)17-27(34)31-25-10-5-11-26(30-25)32-16-6-7-22(19-32)37-24-9-4-3-8-23(24)33/h4-5,9-15,22,33H,3,6-8,16-19H2,1-2H3,(H,35,36)(H,30,31,34). The number of hydrogen-bond acceptors (Lipinski definition) is 6. The van der Waals surface area contributed by atoms with E-state index in [1.54, 1.807) is 19.9 Å². The number of carbonyl (C=O) groups excluding carboxylic acids is 1. The zero-order valence-corrected chi connectivity index (χ0v) is 21.4. The second-order valence-corrected chi connectivity index (χ2v) is 10.4. The summed E-state index contributed by atoms with van der Waals surface area (Å²) >= 11 is 0. The number of nitrogens with zero attached hydrogens (tertiary/aromatic N) is 2. The molecule has 4 rings (SSSR count). The number of aliphatic hydroxyl groups excluding tert-OH is 1. The van der Waals surface area contributed by atoms with Crippen LogP contribution in [0.2, 0.25) is 0 Å². The van der Waals surface area contributed by atoms with Gasteiger partial charge in [0.25, 0.3) is 0 Å². The van der Waals surface area contributed by atoms with E-state index in [0.717, 1.165) is 42.8 Å².